The molecule has 3 aromatic rings. The predicted octanol–water partition coefficient (Wildman–Crippen LogP) is 4.15. The monoisotopic (exact) mass is 372 g/mol. The van der Waals surface area contributed by atoms with Crippen LogP contribution in [0.1, 0.15) is 34.3 Å². The van der Waals surface area contributed by atoms with E-state index in [0.717, 1.165) is 29.9 Å². The Balaban J connectivity index is 1.46. The zero-order chi connectivity index (χ0) is 19.3. The molecule has 1 amide bonds. The number of carbonyl (C=O) groups is 1. The van der Waals surface area contributed by atoms with Crippen LogP contribution in [0.2, 0.25) is 0 Å². The normalized spacial score (nSPS) is 14.0. The number of aromatic nitrogens is 1. The van der Waals surface area contributed by atoms with Crippen LogP contribution in [0.3, 0.4) is 0 Å². The Morgan fingerprint density at radius 2 is 1.79 bits per heavy atom. The summed E-state index contributed by atoms with van der Waals surface area (Å²) in [5.41, 5.74) is 7.47. The van der Waals surface area contributed by atoms with Gasteiger partial charge in [-0.25, -0.2) is 5.43 Å². The van der Waals surface area contributed by atoms with Crippen molar-refractivity contribution in [3.63, 3.8) is 0 Å². The maximum Gasteiger partial charge on any atom is 0.273 e. The molecule has 28 heavy (non-hydrogen) atoms. The Bertz CT molecular complexity index is 986. The first-order valence-corrected chi connectivity index (χ1v) is 9.64. The minimum atomic E-state index is -0.230. The predicted molar refractivity (Wildman–Crippen MR) is 113 cm³/mol. The van der Waals surface area contributed by atoms with Gasteiger partial charge in [-0.2, -0.15) is 5.10 Å². The number of para-hydroxylation sites is 1. The minimum Gasteiger partial charge on any atom is -0.372 e. The zero-order valence-corrected chi connectivity index (χ0v) is 16.0. The summed E-state index contributed by atoms with van der Waals surface area (Å²) >= 11 is 0. The highest BCUT2D eigenvalue weighted by molar-refractivity contribution is 5.98. The van der Waals surface area contributed by atoms with Crippen molar-refractivity contribution in [1.82, 2.24) is 9.99 Å². The molecule has 0 spiro atoms. The molecule has 5 heteroatoms. The Labute approximate surface area is 165 Å². The SMILES string of the molecule is Cc1cc(N2CCCC2)ccc1/C=N\NC(=O)c1ccccc1-n1cccc1. The lowest BCUT2D eigenvalue weighted by molar-refractivity contribution is 0.0955. The van der Waals surface area contributed by atoms with Crippen molar-refractivity contribution in [3.05, 3.63) is 83.7 Å². The summed E-state index contributed by atoms with van der Waals surface area (Å²) in [6.07, 6.45) is 8.07. The van der Waals surface area contributed by atoms with Gasteiger partial charge in [-0.3, -0.25) is 4.79 Å². The third-order valence-electron chi connectivity index (χ3n) is 5.13. The molecule has 1 aliphatic rings. The number of amides is 1. The summed E-state index contributed by atoms with van der Waals surface area (Å²) in [6, 6.07) is 17.7. The minimum absolute atomic E-state index is 0.230. The first-order valence-electron chi connectivity index (χ1n) is 9.64. The average molecular weight is 372 g/mol. The van der Waals surface area contributed by atoms with Crippen LogP contribution < -0.4 is 10.3 Å². The van der Waals surface area contributed by atoms with Crippen LogP contribution in [0.4, 0.5) is 5.69 Å². The third kappa shape index (κ3) is 3.83. The Kier molecular flexibility index (Phi) is 5.24. The van der Waals surface area contributed by atoms with Gasteiger partial charge in [-0.15, -0.1) is 0 Å². The molecule has 0 bridgehead atoms. The first kappa shape index (κ1) is 18.0. The van der Waals surface area contributed by atoms with Crippen molar-refractivity contribution in [2.75, 3.05) is 18.0 Å². The number of hydrazone groups is 1. The van der Waals surface area contributed by atoms with E-state index in [0.29, 0.717) is 5.56 Å². The van der Waals surface area contributed by atoms with Crippen LogP contribution in [-0.2, 0) is 0 Å². The van der Waals surface area contributed by atoms with Crippen molar-refractivity contribution in [3.8, 4) is 5.69 Å². The second-order valence-electron chi connectivity index (χ2n) is 7.04. The quantitative estimate of drug-likeness (QED) is 0.540. The van der Waals surface area contributed by atoms with Crippen molar-refractivity contribution in [2.24, 2.45) is 5.10 Å². The van der Waals surface area contributed by atoms with Crippen LogP contribution in [0.25, 0.3) is 5.69 Å². The first-order chi connectivity index (χ1) is 13.7. The molecule has 2 heterocycles. The maximum absolute atomic E-state index is 12.6. The molecule has 1 fully saturated rings. The van der Waals surface area contributed by atoms with Crippen LogP contribution in [0, 0.1) is 6.92 Å². The molecule has 1 saturated heterocycles. The molecule has 1 aromatic heterocycles. The Morgan fingerprint density at radius 3 is 2.54 bits per heavy atom. The lowest BCUT2D eigenvalue weighted by Crippen LogP contribution is -2.19. The van der Waals surface area contributed by atoms with E-state index in [1.54, 1.807) is 12.3 Å². The van der Waals surface area contributed by atoms with E-state index in [1.807, 2.05) is 47.3 Å². The van der Waals surface area contributed by atoms with Crippen molar-refractivity contribution >= 4 is 17.8 Å². The van der Waals surface area contributed by atoms with Gasteiger partial charge in [0.2, 0.25) is 0 Å². The number of anilines is 1. The molecule has 2 aromatic carbocycles. The number of aryl methyl sites for hydroxylation is 1. The number of nitrogens with one attached hydrogen (secondary N) is 1. The van der Waals surface area contributed by atoms with Crippen LogP contribution in [0.15, 0.2) is 72.1 Å². The van der Waals surface area contributed by atoms with Gasteiger partial charge >= 0.3 is 0 Å². The average Bonchev–Trinajstić information content (AvgIpc) is 3.43. The smallest absolute Gasteiger partial charge is 0.273 e. The van der Waals surface area contributed by atoms with Gasteiger partial charge in [0.05, 0.1) is 17.5 Å². The van der Waals surface area contributed by atoms with E-state index in [-0.39, 0.29) is 5.91 Å². The second kappa shape index (κ2) is 8.13. The summed E-state index contributed by atoms with van der Waals surface area (Å²) in [7, 11) is 0. The number of hydrogen-bond donors (Lipinski definition) is 1. The maximum atomic E-state index is 12.6. The van der Waals surface area contributed by atoms with Gasteiger partial charge in [0.25, 0.3) is 5.91 Å². The Hall–Kier alpha value is -3.34. The topological polar surface area (TPSA) is 49.6 Å². The lowest BCUT2D eigenvalue weighted by Gasteiger charge is -2.18. The highest BCUT2D eigenvalue weighted by atomic mass is 16.2. The number of carbonyl (C=O) groups excluding carboxylic acids is 1. The number of rotatable bonds is 5. The summed E-state index contributed by atoms with van der Waals surface area (Å²) in [4.78, 5) is 15.0. The Morgan fingerprint density at radius 1 is 1.04 bits per heavy atom. The van der Waals surface area contributed by atoms with Gasteiger partial charge < -0.3 is 9.47 Å². The molecule has 4 rings (SSSR count). The molecule has 0 radical (unpaired) electrons. The summed E-state index contributed by atoms with van der Waals surface area (Å²) in [6.45, 7) is 4.33. The summed E-state index contributed by atoms with van der Waals surface area (Å²) in [5.74, 6) is -0.230. The van der Waals surface area contributed by atoms with E-state index in [9.17, 15) is 4.79 Å². The second-order valence-corrected chi connectivity index (χ2v) is 7.04. The molecule has 0 saturated carbocycles. The molecular weight excluding hydrogens is 348 g/mol. The highest BCUT2D eigenvalue weighted by Gasteiger charge is 2.13. The summed E-state index contributed by atoms with van der Waals surface area (Å²) in [5, 5.41) is 4.18. The fraction of sp³-hybridized carbons (Fsp3) is 0.217. The lowest BCUT2D eigenvalue weighted by atomic mass is 10.1. The number of hydrogen-bond acceptors (Lipinski definition) is 3. The molecule has 1 aliphatic heterocycles. The van der Waals surface area contributed by atoms with Crippen molar-refractivity contribution < 1.29 is 4.79 Å². The standard InChI is InChI=1S/C23H24N4O/c1-18-16-20(26-12-4-5-13-26)11-10-19(18)17-24-25-23(28)21-8-2-3-9-22(21)27-14-6-7-15-27/h2-3,6-11,14-17H,4-5,12-13H2,1H3,(H,25,28)/b24-17-. The highest BCUT2D eigenvalue weighted by Crippen LogP contribution is 2.22. The van der Waals surface area contributed by atoms with E-state index in [1.165, 1.54) is 18.5 Å². The number of nitrogens with zero attached hydrogens (tertiary/aromatic N) is 3. The van der Waals surface area contributed by atoms with Gasteiger partial charge in [0.15, 0.2) is 0 Å². The van der Waals surface area contributed by atoms with Crippen molar-refractivity contribution in [2.45, 2.75) is 19.8 Å². The molecule has 0 atom stereocenters. The molecule has 1 N–H and O–H groups in total. The van der Waals surface area contributed by atoms with Crippen LogP contribution >= 0.6 is 0 Å². The van der Waals surface area contributed by atoms with E-state index >= 15 is 0 Å². The molecule has 0 unspecified atom stereocenters. The molecule has 142 valence electrons. The van der Waals surface area contributed by atoms with Gasteiger partial charge in [0.1, 0.15) is 0 Å². The van der Waals surface area contributed by atoms with Crippen LogP contribution in [0.5, 0.6) is 0 Å². The largest absolute Gasteiger partial charge is 0.372 e. The van der Waals surface area contributed by atoms with E-state index in [2.05, 4.69) is 40.5 Å². The van der Waals surface area contributed by atoms with Gasteiger partial charge in [-0.05, 0) is 67.3 Å². The van der Waals surface area contributed by atoms with Gasteiger partial charge in [0, 0.05) is 31.2 Å². The number of benzene rings is 2. The summed E-state index contributed by atoms with van der Waals surface area (Å²) < 4.78 is 1.92. The van der Waals surface area contributed by atoms with Crippen LogP contribution in [-0.4, -0.2) is 29.8 Å². The zero-order valence-electron chi connectivity index (χ0n) is 16.0. The molecular formula is C23H24N4O. The third-order valence-corrected chi connectivity index (χ3v) is 5.13. The fourth-order valence-corrected chi connectivity index (χ4v) is 3.58. The van der Waals surface area contributed by atoms with Crippen molar-refractivity contribution in [1.29, 1.82) is 0 Å². The van der Waals surface area contributed by atoms with Gasteiger partial charge in [-0.1, -0.05) is 18.2 Å². The van der Waals surface area contributed by atoms with E-state index in [4.69, 9.17) is 0 Å². The fourth-order valence-electron chi connectivity index (χ4n) is 3.58. The molecule has 0 aliphatic carbocycles. The molecule has 5 nitrogen and oxygen atoms in total. The van der Waals surface area contributed by atoms with E-state index < -0.39 is 0 Å².